The Morgan fingerprint density at radius 3 is 2.85 bits per heavy atom. The van der Waals surface area contributed by atoms with E-state index in [0.29, 0.717) is 12.3 Å². The van der Waals surface area contributed by atoms with Gasteiger partial charge in [0, 0.05) is 4.90 Å². The van der Waals surface area contributed by atoms with Crippen LogP contribution in [0.15, 0.2) is 53.4 Å². The summed E-state index contributed by atoms with van der Waals surface area (Å²) < 4.78 is 7.43. The van der Waals surface area contributed by atoms with Gasteiger partial charge in [0.15, 0.2) is 0 Å². The fourth-order valence-electron chi connectivity index (χ4n) is 3.23. The Morgan fingerprint density at radius 1 is 1.19 bits per heavy atom. The maximum atomic E-state index is 12.3. The van der Waals surface area contributed by atoms with Crippen LogP contribution in [0.4, 0.5) is 5.69 Å². The first-order valence-electron chi connectivity index (χ1n) is 8.73. The number of hydrogen-bond donors (Lipinski definition) is 0. The predicted molar refractivity (Wildman–Crippen MR) is 105 cm³/mol. The van der Waals surface area contributed by atoms with Crippen LogP contribution in [-0.4, -0.2) is 40.3 Å². The van der Waals surface area contributed by atoms with E-state index in [0.717, 1.165) is 27.4 Å². The van der Waals surface area contributed by atoms with Gasteiger partial charge in [-0.25, -0.2) is 4.98 Å². The van der Waals surface area contributed by atoms with Gasteiger partial charge in [0.2, 0.25) is 5.91 Å². The first-order chi connectivity index (χ1) is 13.1. The summed E-state index contributed by atoms with van der Waals surface area (Å²) in [5.74, 6) is 0.730. The second kappa shape index (κ2) is 7.44. The summed E-state index contributed by atoms with van der Waals surface area (Å²) in [5.41, 5.74) is 2.71. The van der Waals surface area contributed by atoms with Gasteiger partial charge >= 0.3 is 5.97 Å². The smallest absolute Gasteiger partial charge is 0.326 e. The van der Waals surface area contributed by atoms with E-state index < -0.39 is 5.97 Å². The number of fused-ring (bicyclic) bond motifs is 2. The number of nitrogens with zero attached hydrogens (tertiary/aromatic N) is 3. The molecule has 2 heterocycles. The second-order valence-corrected chi connectivity index (χ2v) is 7.27. The lowest BCUT2D eigenvalue weighted by atomic mass is 10.2. The van der Waals surface area contributed by atoms with Crippen molar-refractivity contribution in [2.45, 2.75) is 18.4 Å². The van der Waals surface area contributed by atoms with Crippen LogP contribution in [0, 0.1) is 6.92 Å². The zero-order valence-electron chi connectivity index (χ0n) is 14.9. The number of aryl methyl sites for hydroxylation is 1. The number of anilines is 1. The molecule has 0 spiro atoms. The molecule has 0 aliphatic carbocycles. The minimum absolute atomic E-state index is 0.0694. The molecule has 1 aliphatic rings. The van der Waals surface area contributed by atoms with Crippen molar-refractivity contribution in [1.82, 2.24) is 9.55 Å². The second-order valence-electron chi connectivity index (χ2n) is 6.26. The van der Waals surface area contributed by atoms with Crippen LogP contribution in [0.2, 0.25) is 0 Å². The molecule has 2 aromatic carbocycles. The van der Waals surface area contributed by atoms with E-state index in [1.807, 2.05) is 60.0 Å². The van der Waals surface area contributed by atoms with Gasteiger partial charge in [0.25, 0.3) is 0 Å². The quantitative estimate of drug-likeness (QED) is 0.636. The number of esters is 1. The molecule has 0 unspecified atom stereocenters. The highest BCUT2D eigenvalue weighted by atomic mass is 32.2. The molecule has 0 saturated carbocycles. The van der Waals surface area contributed by atoms with Crippen molar-refractivity contribution in [3.8, 4) is 0 Å². The largest absolute Gasteiger partial charge is 0.462 e. The molecule has 1 aliphatic heterocycles. The molecule has 0 atom stereocenters. The van der Waals surface area contributed by atoms with Gasteiger partial charge in [0.1, 0.15) is 19.0 Å². The predicted octanol–water partition coefficient (Wildman–Crippen LogP) is 3.03. The molecule has 7 heteroatoms. The van der Waals surface area contributed by atoms with Crippen molar-refractivity contribution in [1.29, 1.82) is 0 Å². The van der Waals surface area contributed by atoms with E-state index in [1.165, 1.54) is 16.7 Å². The number of ether oxygens (including phenoxy) is 1. The molecule has 0 saturated heterocycles. The number of benzene rings is 2. The van der Waals surface area contributed by atoms with Crippen LogP contribution < -0.4 is 4.90 Å². The van der Waals surface area contributed by atoms with Gasteiger partial charge in [-0.05, 0) is 31.2 Å². The molecule has 138 valence electrons. The molecule has 27 heavy (non-hydrogen) atoms. The van der Waals surface area contributed by atoms with E-state index in [9.17, 15) is 9.59 Å². The van der Waals surface area contributed by atoms with Crippen molar-refractivity contribution < 1.29 is 14.3 Å². The molecule has 0 fully saturated rings. The molecule has 1 amide bonds. The van der Waals surface area contributed by atoms with Gasteiger partial charge in [-0.3, -0.25) is 14.5 Å². The van der Waals surface area contributed by atoms with Crippen molar-refractivity contribution in [2.24, 2.45) is 0 Å². The number of thioether (sulfide) groups is 1. The van der Waals surface area contributed by atoms with Crippen LogP contribution >= 0.6 is 11.8 Å². The fraction of sp³-hybridized carbons (Fsp3) is 0.250. The molecule has 4 rings (SSSR count). The summed E-state index contributed by atoms with van der Waals surface area (Å²) in [7, 11) is 0. The van der Waals surface area contributed by atoms with E-state index in [2.05, 4.69) is 4.98 Å². The zero-order valence-corrected chi connectivity index (χ0v) is 15.7. The summed E-state index contributed by atoms with van der Waals surface area (Å²) in [4.78, 5) is 31.5. The molecule has 1 aromatic heterocycles. The fourth-order valence-corrected chi connectivity index (χ4v) is 4.17. The summed E-state index contributed by atoms with van der Waals surface area (Å²) >= 11 is 1.49. The number of imidazole rings is 1. The van der Waals surface area contributed by atoms with E-state index in [4.69, 9.17) is 4.74 Å². The average molecular weight is 381 g/mol. The topological polar surface area (TPSA) is 64.4 Å². The Labute approximate surface area is 161 Å². The maximum Gasteiger partial charge on any atom is 0.326 e. The highest BCUT2D eigenvalue weighted by Crippen LogP contribution is 2.34. The molecule has 0 radical (unpaired) electrons. The van der Waals surface area contributed by atoms with Crippen LogP contribution in [0.5, 0.6) is 0 Å². The number of amides is 1. The van der Waals surface area contributed by atoms with Crippen LogP contribution in [0.3, 0.4) is 0 Å². The van der Waals surface area contributed by atoms with E-state index in [1.54, 1.807) is 0 Å². The lowest BCUT2D eigenvalue weighted by Gasteiger charge is -2.27. The minimum Gasteiger partial charge on any atom is -0.462 e. The van der Waals surface area contributed by atoms with Gasteiger partial charge in [-0.1, -0.05) is 24.3 Å². The van der Waals surface area contributed by atoms with Gasteiger partial charge in [-0.2, -0.15) is 0 Å². The molecule has 3 aromatic rings. The van der Waals surface area contributed by atoms with Gasteiger partial charge < -0.3 is 9.30 Å². The van der Waals surface area contributed by atoms with Crippen LogP contribution in [0.25, 0.3) is 11.0 Å². The molecule has 0 bridgehead atoms. The number of rotatable bonds is 5. The van der Waals surface area contributed by atoms with Crippen molar-refractivity contribution in [3.05, 3.63) is 54.4 Å². The summed E-state index contributed by atoms with van der Waals surface area (Å²) in [6.45, 7) is 2.62. The van der Waals surface area contributed by atoms with E-state index >= 15 is 0 Å². The average Bonchev–Trinajstić information content (AvgIpc) is 2.99. The third-order valence-electron chi connectivity index (χ3n) is 4.52. The first kappa shape index (κ1) is 17.6. The van der Waals surface area contributed by atoms with Crippen LogP contribution in [0.1, 0.15) is 5.82 Å². The van der Waals surface area contributed by atoms with Crippen LogP contribution in [-0.2, 0) is 20.9 Å². The third kappa shape index (κ3) is 3.55. The minimum atomic E-state index is -0.410. The lowest BCUT2D eigenvalue weighted by molar-refractivity contribution is -0.143. The standard InChI is InChI=1S/C20H19N3O3S/c1-14-21-15-6-2-3-7-16(15)22(14)10-11-26-20(25)12-23-17-8-4-5-9-18(17)27-13-19(23)24/h2-9H,10-13H2,1H3. The highest BCUT2D eigenvalue weighted by Gasteiger charge is 2.26. The van der Waals surface area contributed by atoms with Gasteiger partial charge in [0.05, 0.1) is 29.0 Å². The third-order valence-corrected chi connectivity index (χ3v) is 5.57. The summed E-state index contributed by atoms with van der Waals surface area (Å²) in [6.07, 6.45) is 0. The summed E-state index contributed by atoms with van der Waals surface area (Å²) in [6, 6.07) is 15.5. The van der Waals surface area contributed by atoms with Gasteiger partial charge in [-0.15, -0.1) is 11.8 Å². The maximum absolute atomic E-state index is 12.3. The first-order valence-corrected chi connectivity index (χ1v) is 9.72. The van der Waals surface area contributed by atoms with E-state index in [-0.39, 0.29) is 19.1 Å². The number of carbonyl (C=O) groups is 2. The Balaban J connectivity index is 1.39. The zero-order chi connectivity index (χ0) is 18.8. The lowest BCUT2D eigenvalue weighted by Crippen LogP contribution is -2.40. The Bertz CT molecular complexity index is 1010. The van der Waals surface area contributed by atoms with Crippen molar-refractivity contribution in [2.75, 3.05) is 23.8 Å². The molecule has 6 nitrogen and oxygen atoms in total. The molecule has 0 N–H and O–H groups in total. The number of carbonyl (C=O) groups excluding carboxylic acids is 2. The molecular weight excluding hydrogens is 362 g/mol. The van der Waals surface area contributed by atoms with Crippen molar-refractivity contribution in [3.63, 3.8) is 0 Å². The molecular formula is C20H19N3O3S. The summed E-state index contributed by atoms with van der Waals surface area (Å²) in [5, 5.41) is 0. The normalized spacial score (nSPS) is 13.7. The SMILES string of the molecule is Cc1nc2ccccc2n1CCOC(=O)CN1C(=O)CSc2ccccc21. The Morgan fingerprint density at radius 2 is 1.96 bits per heavy atom. The van der Waals surface area contributed by atoms with Crippen molar-refractivity contribution >= 4 is 40.4 Å². The monoisotopic (exact) mass is 381 g/mol. The number of aromatic nitrogens is 2. The highest BCUT2D eigenvalue weighted by molar-refractivity contribution is 8.00. The number of para-hydroxylation sites is 3. The Hall–Kier alpha value is -2.80. The number of hydrogen-bond acceptors (Lipinski definition) is 5. The Kier molecular flexibility index (Phi) is 4.85.